The van der Waals surface area contributed by atoms with Crippen molar-refractivity contribution in [2.45, 2.75) is 25.4 Å². The van der Waals surface area contributed by atoms with E-state index in [0.29, 0.717) is 0 Å². The smallest absolute Gasteiger partial charge is 0.112 e. The zero-order valence-electron chi connectivity index (χ0n) is 11.9. The second-order valence-corrected chi connectivity index (χ2v) is 5.64. The van der Waals surface area contributed by atoms with Crippen molar-refractivity contribution in [1.29, 1.82) is 0 Å². The summed E-state index contributed by atoms with van der Waals surface area (Å²) in [6, 6.07) is 6.41. The Morgan fingerprint density at radius 2 is 2.00 bits per heavy atom. The van der Waals surface area contributed by atoms with E-state index >= 15 is 0 Å². The first-order valence-corrected chi connectivity index (χ1v) is 6.83. The average molecular weight is 259 g/mol. The quantitative estimate of drug-likeness (QED) is 0.830. The van der Waals surface area contributed by atoms with Crippen LogP contribution in [0.15, 0.2) is 24.5 Å². The SMILES string of the molecule is COC1(C)CCN(c2cccc3c2ncn3C)CC1. The lowest BCUT2D eigenvalue weighted by Crippen LogP contribution is -2.43. The summed E-state index contributed by atoms with van der Waals surface area (Å²) in [6.07, 6.45) is 4.01. The number of rotatable bonds is 2. The maximum absolute atomic E-state index is 5.61. The van der Waals surface area contributed by atoms with Crippen molar-refractivity contribution < 1.29 is 4.74 Å². The number of benzene rings is 1. The molecule has 102 valence electrons. The van der Waals surface area contributed by atoms with Crippen LogP contribution in [0.3, 0.4) is 0 Å². The molecule has 0 radical (unpaired) electrons. The molecule has 4 nitrogen and oxygen atoms in total. The van der Waals surface area contributed by atoms with Crippen LogP contribution in [0.4, 0.5) is 5.69 Å². The highest BCUT2D eigenvalue weighted by molar-refractivity contribution is 5.89. The molecule has 0 aliphatic carbocycles. The lowest BCUT2D eigenvalue weighted by molar-refractivity contribution is -0.0132. The van der Waals surface area contributed by atoms with Gasteiger partial charge >= 0.3 is 0 Å². The van der Waals surface area contributed by atoms with Gasteiger partial charge in [0.15, 0.2) is 0 Å². The van der Waals surface area contributed by atoms with Crippen LogP contribution in [0.2, 0.25) is 0 Å². The van der Waals surface area contributed by atoms with Gasteiger partial charge in [-0.2, -0.15) is 0 Å². The topological polar surface area (TPSA) is 30.3 Å². The minimum absolute atomic E-state index is 0.0362. The lowest BCUT2D eigenvalue weighted by atomic mass is 9.93. The fourth-order valence-electron chi connectivity index (χ4n) is 2.82. The van der Waals surface area contributed by atoms with Gasteiger partial charge in [-0.1, -0.05) is 6.07 Å². The zero-order chi connectivity index (χ0) is 13.5. The van der Waals surface area contributed by atoms with Crippen molar-refractivity contribution in [3.8, 4) is 0 Å². The van der Waals surface area contributed by atoms with Crippen LogP contribution in [-0.4, -0.2) is 35.4 Å². The molecule has 2 aromatic rings. The van der Waals surface area contributed by atoms with Crippen molar-refractivity contribution in [3.63, 3.8) is 0 Å². The second kappa shape index (κ2) is 4.53. The van der Waals surface area contributed by atoms with E-state index in [1.807, 2.05) is 20.5 Å². The molecule has 1 aromatic carbocycles. The molecule has 0 amide bonds. The molecule has 0 unspecified atom stereocenters. The van der Waals surface area contributed by atoms with Gasteiger partial charge in [0.25, 0.3) is 0 Å². The lowest BCUT2D eigenvalue weighted by Gasteiger charge is -2.39. The predicted octanol–water partition coefficient (Wildman–Crippen LogP) is 2.58. The Hall–Kier alpha value is -1.55. The summed E-state index contributed by atoms with van der Waals surface area (Å²) in [4.78, 5) is 6.97. The second-order valence-electron chi connectivity index (χ2n) is 5.64. The molecule has 0 saturated carbocycles. The van der Waals surface area contributed by atoms with Gasteiger partial charge in [-0.15, -0.1) is 0 Å². The van der Waals surface area contributed by atoms with Crippen molar-refractivity contribution >= 4 is 16.7 Å². The summed E-state index contributed by atoms with van der Waals surface area (Å²) in [5.41, 5.74) is 3.58. The molecular weight excluding hydrogens is 238 g/mol. The summed E-state index contributed by atoms with van der Waals surface area (Å²) >= 11 is 0. The van der Waals surface area contributed by atoms with Gasteiger partial charge in [0.2, 0.25) is 0 Å². The summed E-state index contributed by atoms with van der Waals surface area (Å²) in [6.45, 7) is 4.26. The van der Waals surface area contributed by atoms with Crippen molar-refractivity contribution in [3.05, 3.63) is 24.5 Å². The Labute approximate surface area is 114 Å². The first kappa shape index (κ1) is 12.5. The number of aromatic nitrogens is 2. The zero-order valence-corrected chi connectivity index (χ0v) is 11.9. The fourth-order valence-corrected chi connectivity index (χ4v) is 2.82. The molecule has 3 rings (SSSR count). The Bertz CT molecular complexity index is 582. The highest BCUT2D eigenvalue weighted by Crippen LogP contribution is 2.31. The summed E-state index contributed by atoms with van der Waals surface area (Å²) < 4.78 is 7.68. The maximum Gasteiger partial charge on any atom is 0.112 e. The maximum atomic E-state index is 5.61. The summed E-state index contributed by atoms with van der Waals surface area (Å²) in [7, 11) is 3.85. The van der Waals surface area contributed by atoms with Crippen LogP contribution >= 0.6 is 0 Å². The number of imidazole rings is 1. The highest BCUT2D eigenvalue weighted by Gasteiger charge is 2.30. The Morgan fingerprint density at radius 1 is 1.26 bits per heavy atom. The number of fused-ring (bicyclic) bond motifs is 1. The first-order valence-electron chi connectivity index (χ1n) is 6.83. The van der Waals surface area contributed by atoms with Crippen LogP contribution < -0.4 is 4.90 Å². The van der Waals surface area contributed by atoms with Gasteiger partial charge in [-0.05, 0) is 31.9 Å². The van der Waals surface area contributed by atoms with E-state index in [1.165, 1.54) is 11.2 Å². The number of nitrogens with zero attached hydrogens (tertiary/aromatic N) is 3. The van der Waals surface area contributed by atoms with E-state index in [2.05, 4.69) is 39.6 Å². The third-order valence-electron chi connectivity index (χ3n) is 4.39. The molecular formula is C15H21N3O. The average Bonchev–Trinajstić information content (AvgIpc) is 2.82. The molecule has 0 atom stereocenters. The van der Waals surface area contributed by atoms with Gasteiger partial charge < -0.3 is 14.2 Å². The van der Waals surface area contributed by atoms with Gasteiger partial charge in [0, 0.05) is 27.2 Å². The van der Waals surface area contributed by atoms with E-state index < -0.39 is 0 Å². The molecule has 0 bridgehead atoms. The van der Waals surface area contributed by atoms with E-state index in [-0.39, 0.29) is 5.60 Å². The number of hydrogen-bond donors (Lipinski definition) is 0. The standard InChI is InChI=1S/C15H21N3O/c1-15(19-3)7-9-18(10-8-15)13-6-4-5-12-14(13)16-11-17(12)2/h4-6,11H,7-10H2,1-3H3. The van der Waals surface area contributed by atoms with Gasteiger partial charge in [0.1, 0.15) is 5.52 Å². The normalized spacial score (nSPS) is 19.0. The Balaban J connectivity index is 1.90. The molecule has 0 N–H and O–H groups in total. The number of piperidine rings is 1. The number of anilines is 1. The fraction of sp³-hybridized carbons (Fsp3) is 0.533. The molecule has 1 aliphatic heterocycles. The van der Waals surface area contributed by atoms with Crippen LogP contribution in [0.1, 0.15) is 19.8 Å². The molecule has 1 saturated heterocycles. The van der Waals surface area contributed by atoms with E-state index in [9.17, 15) is 0 Å². The van der Waals surface area contributed by atoms with Crippen LogP contribution in [-0.2, 0) is 11.8 Å². The molecule has 1 aromatic heterocycles. The van der Waals surface area contributed by atoms with E-state index in [0.717, 1.165) is 31.4 Å². The van der Waals surface area contributed by atoms with Crippen LogP contribution in [0, 0.1) is 0 Å². The monoisotopic (exact) mass is 259 g/mol. The third kappa shape index (κ3) is 2.10. The summed E-state index contributed by atoms with van der Waals surface area (Å²) in [5.74, 6) is 0. The minimum atomic E-state index is 0.0362. The molecule has 1 aliphatic rings. The molecule has 4 heteroatoms. The molecule has 0 spiro atoms. The molecule has 19 heavy (non-hydrogen) atoms. The highest BCUT2D eigenvalue weighted by atomic mass is 16.5. The first-order chi connectivity index (χ1) is 9.13. The predicted molar refractivity (Wildman–Crippen MR) is 77.6 cm³/mol. The summed E-state index contributed by atoms with van der Waals surface area (Å²) in [5, 5.41) is 0. The van der Waals surface area contributed by atoms with Crippen molar-refractivity contribution in [1.82, 2.24) is 9.55 Å². The Kier molecular flexibility index (Phi) is 2.97. The van der Waals surface area contributed by atoms with E-state index in [1.54, 1.807) is 0 Å². The minimum Gasteiger partial charge on any atom is -0.378 e. The van der Waals surface area contributed by atoms with Gasteiger partial charge in [-0.3, -0.25) is 0 Å². The number of ether oxygens (including phenoxy) is 1. The van der Waals surface area contributed by atoms with Crippen molar-refractivity contribution in [2.24, 2.45) is 7.05 Å². The van der Waals surface area contributed by atoms with Gasteiger partial charge in [-0.25, -0.2) is 4.98 Å². The Morgan fingerprint density at radius 3 is 2.68 bits per heavy atom. The van der Waals surface area contributed by atoms with Gasteiger partial charge in [0.05, 0.1) is 23.1 Å². The number of aryl methyl sites for hydroxylation is 1. The van der Waals surface area contributed by atoms with Crippen LogP contribution in [0.25, 0.3) is 11.0 Å². The number of methoxy groups -OCH3 is 1. The number of hydrogen-bond acceptors (Lipinski definition) is 3. The van der Waals surface area contributed by atoms with Crippen LogP contribution in [0.5, 0.6) is 0 Å². The molecule has 2 heterocycles. The largest absolute Gasteiger partial charge is 0.378 e. The van der Waals surface area contributed by atoms with E-state index in [4.69, 9.17) is 4.74 Å². The third-order valence-corrected chi connectivity index (χ3v) is 4.39. The van der Waals surface area contributed by atoms with Crippen molar-refractivity contribution in [2.75, 3.05) is 25.1 Å². The molecule has 1 fully saturated rings. The number of para-hydroxylation sites is 1.